The second-order valence-electron chi connectivity index (χ2n) is 6.00. The lowest BCUT2D eigenvalue weighted by Gasteiger charge is -2.33. The first-order valence-electron chi connectivity index (χ1n) is 7.63. The van der Waals surface area contributed by atoms with Crippen molar-refractivity contribution < 1.29 is 4.79 Å². The van der Waals surface area contributed by atoms with Crippen LogP contribution in [0, 0.1) is 12.8 Å². The molecule has 0 bridgehead atoms. The van der Waals surface area contributed by atoms with Gasteiger partial charge in [-0.05, 0) is 51.6 Å². The zero-order valence-corrected chi connectivity index (χ0v) is 12.1. The number of hydrogen-bond donors (Lipinski definition) is 1. The minimum Gasteiger partial charge on any atom is -0.337 e. The van der Waals surface area contributed by atoms with Gasteiger partial charge in [0.05, 0.1) is 5.69 Å². The number of H-pyrrole nitrogens is 1. The smallest absolute Gasteiger partial charge is 0.276 e. The maximum atomic E-state index is 12.3. The van der Waals surface area contributed by atoms with Crippen LogP contribution in [0.5, 0.6) is 0 Å². The molecule has 0 saturated carbocycles. The topological polar surface area (TPSA) is 65.1 Å². The van der Waals surface area contributed by atoms with E-state index in [1.807, 2.05) is 11.8 Å². The average molecular weight is 277 g/mol. The number of nitrogens with one attached hydrogen (secondary N) is 1. The highest BCUT2D eigenvalue weighted by Gasteiger charge is 2.27. The van der Waals surface area contributed by atoms with Crippen LogP contribution < -0.4 is 0 Å². The van der Waals surface area contributed by atoms with E-state index in [2.05, 4.69) is 20.3 Å². The Bertz CT molecular complexity index is 458. The van der Waals surface area contributed by atoms with Crippen molar-refractivity contribution in [2.75, 3.05) is 32.7 Å². The Morgan fingerprint density at radius 3 is 2.50 bits per heavy atom. The van der Waals surface area contributed by atoms with Crippen LogP contribution in [-0.2, 0) is 0 Å². The molecule has 2 aliphatic heterocycles. The monoisotopic (exact) mass is 277 g/mol. The Labute approximate surface area is 119 Å². The fraction of sp³-hybridized carbons (Fsp3) is 0.786. The van der Waals surface area contributed by atoms with Crippen LogP contribution in [0.1, 0.15) is 41.9 Å². The van der Waals surface area contributed by atoms with Gasteiger partial charge in [-0.15, -0.1) is 0 Å². The summed E-state index contributed by atoms with van der Waals surface area (Å²) in [5.41, 5.74) is 1.16. The molecule has 2 fully saturated rings. The van der Waals surface area contributed by atoms with E-state index < -0.39 is 0 Å². The maximum absolute atomic E-state index is 12.3. The van der Waals surface area contributed by atoms with Crippen LogP contribution in [0.3, 0.4) is 0 Å². The number of aromatic amines is 1. The molecule has 0 aromatic carbocycles. The fourth-order valence-corrected chi connectivity index (χ4v) is 3.29. The van der Waals surface area contributed by atoms with Crippen LogP contribution in [-0.4, -0.2) is 63.8 Å². The molecular weight excluding hydrogens is 254 g/mol. The van der Waals surface area contributed by atoms with Crippen LogP contribution in [0.4, 0.5) is 0 Å². The molecule has 3 heterocycles. The SMILES string of the molecule is Cc1n[nH]nc1C(=O)N1CCC(CN2CCCC2)CC1. The molecule has 1 N–H and O–H groups in total. The Morgan fingerprint density at radius 1 is 1.20 bits per heavy atom. The summed E-state index contributed by atoms with van der Waals surface area (Å²) in [5, 5.41) is 10.4. The fourth-order valence-electron chi connectivity index (χ4n) is 3.29. The lowest BCUT2D eigenvalue weighted by molar-refractivity contribution is 0.0666. The first-order valence-corrected chi connectivity index (χ1v) is 7.63. The number of hydrogen-bond acceptors (Lipinski definition) is 4. The maximum Gasteiger partial charge on any atom is 0.276 e. The lowest BCUT2D eigenvalue weighted by Crippen LogP contribution is -2.41. The van der Waals surface area contributed by atoms with Crippen molar-refractivity contribution in [2.24, 2.45) is 5.92 Å². The number of likely N-dealkylation sites (tertiary alicyclic amines) is 2. The third-order valence-electron chi connectivity index (χ3n) is 4.54. The van der Waals surface area contributed by atoms with Crippen molar-refractivity contribution in [3.8, 4) is 0 Å². The van der Waals surface area contributed by atoms with E-state index in [9.17, 15) is 4.79 Å². The number of aromatic nitrogens is 3. The lowest BCUT2D eigenvalue weighted by atomic mass is 9.96. The van der Waals surface area contributed by atoms with Crippen molar-refractivity contribution in [1.29, 1.82) is 0 Å². The Kier molecular flexibility index (Phi) is 4.00. The van der Waals surface area contributed by atoms with Crippen LogP contribution in [0.2, 0.25) is 0 Å². The molecule has 110 valence electrons. The standard InChI is InChI=1S/C14H23N5O/c1-11-13(16-17-15-11)14(20)19-8-4-12(5-9-19)10-18-6-2-3-7-18/h12H,2-10H2,1H3,(H,15,16,17). The number of rotatable bonds is 3. The second-order valence-corrected chi connectivity index (χ2v) is 6.00. The quantitative estimate of drug-likeness (QED) is 0.897. The third kappa shape index (κ3) is 2.85. The van der Waals surface area contributed by atoms with Crippen LogP contribution in [0.25, 0.3) is 0 Å². The molecule has 0 radical (unpaired) electrons. The summed E-state index contributed by atoms with van der Waals surface area (Å²) in [7, 11) is 0. The van der Waals surface area contributed by atoms with Gasteiger partial charge in [0, 0.05) is 19.6 Å². The predicted octanol–water partition coefficient (Wildman–Crippen LogP) is 1.06. The highest BCUT2D eigenvalue weighted by atomic mass is 16.2. The molecule has 2 aliphatic rings. The van der Waals surface area contributed by atoms with E-state index in [-0.39, 0.29) is 5.91 Å². The molecule has 1 aromatic rings. The van der Waals surface area contributed by atoms with Gasteiger partial charge in [0.25, 0.3) is 5.91 Å². The summed E-state index contributed by atoms with van der Waals surface area (Å²) < 4.78 is 0. The van der Waals surface area contributed by atoms with E-state index >= 15 is 0 Å². The number of piperidine rings is 1. The first-order chi connectivity index (χ1) is 9.74. The van der Waals surface area contributed by atoms with E-state index in [4.69, 9.17) is 0 Å². The van der Waals surface area contributed by atoms with Crippen molar-refractivity contribution in [3.63, 3.8) is 0 Å². The van der Waals surface area contributed by atoms with Crippen molar-refractivity contribution in [1.82, 2.24) is 25.2 Å². The molecule has 2 saturated heterocycles. The molecular formula is C14H23N5O. The molecule has 1 aromatic heterocycles. The molecule has 1 amide bonds. The van der Waals surface area contributed by atoms with Gasteiger partial charge in [-0.3, -0.25) is 4.79 Å². The normalized spacial score (nSPS) is 21.6. The van der Waals surface area contributed by atoms with E-state index in [1.165, 1.54) is 32.5 Å². The highest BCUT2D eigenvalue weighted by molar-refractivity contribution is 5.93. The minimum atomic E-state index is 0.0240. The Balaban J connectivity index is 1.50. The summed E-state index contributed by atoms with van der Waals surface area (Å²) in [4.78, 5) is 16.8. The van der Waals surface area contributed by atoms with E-state index in [1.54, 1.807) is 0 Å². The van der Waals surface area contributed by atoms with Crippen LogP contribution in [0.15, 0.2) is 0 Å². The number of amides is 1. The van der Waals surface area contributed by atoms with Gasteiger partial charge >= 0.3 is 0 Å². The molecule has 0 spiro atoms. The summed E-state index contributed by atoms with van der Waals surface area (Å²) in [6.07, 6.45) is 4.92. The Hall–Kier alpha value is -1.43. The summed E-state index contributed by atoms with van der Waals surface area (Å²) in [6, 6.07) is 0. The van der Waals surface area contributed by atoms with Gasteiger partial charge in [-0.2, -0.15) is 15.4 Å². The summed E-state index contributed by atoms with van der Waals surface area (Å²) in [5.74, 6) is 0.770. The molecule has 6 nitrogen and oxygen atoms in total. The predicted molar refractivity (Wildman–Crippen MR) is 75.4 cm³/mol. The van der Waals surface area contributed by atoms with Gasteiger partial charge < -0.3 is 9.80 Å². The minimum absolute atomic E-state index is 0.0240. The van der Waals surface area contributed by atoms with Crippen molar-refractivity contribution in [2.45, 2.75) is 32.6 Å². The number of carbonyl (C=O) groups is 1. The summed E-state index contributed by atoms with van der Waals surface area (Å²) >= 11 is 0. The van der Waals surface area contributed by atoms with Crippen molar-refractivity contribution >= 4 is 5.91 Å². The molecule has 20 heavy (non-hydrogen) atoms. The van der Waals surface area contributed by atoms with Gasteiger partial charge in [0.2, 0.25) is 0 Å². The van der Waals surface area contributed by atoms with Gasteiger partial charge in [-0.25, -0.2) is 0 Å². The number of carbonyl (C=O) groups excluding carboxylic acids is 1. The summed E-state index contributed by atoms with van der Waals surface area (Å²) in [6.45, 7) is 7.25. The van der Waals surface area contributed by atoms with Gasteiger partial charge in [0.15, 0.2) is 5.69 Å². The first kappa shape index (κ1) is 13.5. The zero-order chi connectivity index (χ0) is 13.9. The molecule has 0 aliphatic carbocycles. The average Bonchev–Trinajstić information content (AvgIpc) is 3.10. The number of aryl methyl sites for hydroxylation is 1. The molecule has 0 unspecified atom stereocenters. The van der Waals surface area contributed by atoms with Gasteiger partial charge in [0.1, 0.15) is 0 Å². The highest BCUT2D eigenvalue weighted by Crippen LogP contribution is 2.21. The van der Waals surface area contributed by atoms with Gasteiger partial charge in [-0.1, -0.05) is 0 Å². The van der Waals surface area contributed by atoms with E-state index in [0.29, 0.717) is 11.4 Å². The number of nitrogens with zero attached hydrogens (tertiary/aromatic N) is 4. The molecule has 6 heteroatoms. The van der Waals surface area contributed by atoms with E-state index in [0.717, 1.165) is 31.8 Å². The zero-order valence-electron chi connectivity index (χ0n) is 12.1. The molecule has 3 rings (SSSR count). The van der Waals surface area contributed by atoms with Crippen molar-refractivity contribution in [3.05, 3.63) is 11.4 Å². The molecule has 0 atom stereocenters. The van der Waals surface area contributed by atoms with Crippen LogP contribution >= 0.6 is 0 Å². The second kappa shape index (κ2) is 5.91. The third-order valence-corrected chi connectivity index (χ3v) is 4.54. The largest absolute Gasteiger partial charge is 0.337 e. The Morgan fingerprint density at radius 2 is 1.90 bits per heavy atom.